The largest absolute Gasteiger partial charge is 0.489 e. The first-order valence-electron chi connectivity index (χ1n) is 22.7. The lowest BCUT2D eigenvalue weighted by Gasteiger charge is -2.63. The molecule has 3 aromatic carbocycles. The molecule has 1 saturated heterocycles. The van der Waals surface area contributed by atoms with Crippen molar-refractivity contribution in [3.63, 3.8) is 0 Å². The summed E-state index contributed by atoms with van der Waals surface area (Å²) in [5, 5.41) is 18.7. The molecule has 2 aliphatic rings. The van der Waals surface area contributed by atoms with E-state index in [0.717, 1.165) is 58.3 Å². The second kappa shape index (κ2) is 22.0. The average Bonchev–Trinajstić information content (AvgIpc) is 3.32. The number of carbonyl (C=O) groups is 2. The summed E-state index contributed by atoms with van der Waals surface area (Å²) in [6, 6.07) is 17.1. The Labute approximate surface area is 420 Å². The zero-order valence-electron chi connectivity index (χ0n) is 39.5. The Morgan fingerprint density at radius 2 is 1.61 bits per heavy atom. The smallest absolute Gasteiger partial charge is 0.254 e. The molecule has 2 aromatic heterocycles. The lowest BCUT2D eigenvalue weighted by molar-refractivity contribution is -0.164. The molecule has 0 atom stereocenters. The van der Waals surface area contributed by atoms with E-state index in [2.05, 4.69) is 100 Å². The van der Waals surface area contributed by atoms with Crippen LogP contribution in [0.15, 0.2) is 88.6 Å². The van der Waals surface area contributed by atoms with Crippen molar-refractivity contribution in [3.8, 4) is 11.8 Å². The van der Waals surface area contributed by atoms with Crippen LogP contribution in [-0.4, -0.2) is 122 Å². The van der Waals surface area contributed by atoms with Gasteiger partial charge in [-0.3, -0.25) is 9.59 Å². The number of amides is 2. The number of nitrogens with zero attached hydrogens (tertiary/aromatic N) is 8. The Balaban J connectivity index is 0.782. The molecule has 370 valence electrons. The van der Waals surface area contributed by atoms with E-state index in [-0.39, 0.29) is 46.0 Å². The minimum absolute atomic E-state index is 0.112. The van der Waals surface area contributed by atoms with Crippen LogP contribution >= 0.6 is 27.5 Å². The number of anilines is 5. The summed E-state index contributed by atoms with van der Waals surface area (Å²) in [5.41, 5.74) is 5.67. The van der Waals surface area contributed by atoms with Gasteiger partial charge in [0.05, 0.1) is 36.8 Å². The molecule has 7 rings (SSSR count). The molecule has 6 N–H and O–H groups in total. The molecule has 70 heavy (non-hydrogen) atoms. The third kappa shape index (κ3) is 12.1. The van der Waals surface area contributed by atoms with E-state index >= 15 is 0 Å². The van der Waals surface area contributed by atoms with Crippen molar-refractivity contribution in [2.24, 2.45) is 16.6 Å². The summed E-state index contributed by atoms with van der Waals surface area (Å²) in [7, 11) is -1.82. The number of rotatable bonds is 20. The van der Waals surface area contributed by atoms with Crippen molar-refractivity contribution in [1.29, 1.82) is 5.26 Å². The maximum atomic E-state index is 14.3. The van der Waals surface area contributed by atoms with Crippen LogP contribution < -0.4 is 36.0 Å². The highest BCUT2D eigenvalue weighted by Gasteiger charge is 2.64. The Hall–Kier alpha value is -6.02. The van der Waals surface area contributed by atoms with E-state index in [1.807, 2.05) is 11.9 Å². The highest BCUT2D eigenvalue weighted by atomic mass is 79.9. The van der Waals surface area contributed by atoms with Crippen molar-refractivity contribution in [2.75, 3.05) is 74.9 Å². The molecule has 22 heteroatoms. The third-order valence-corrected chi connectivity index (χ3v) is 15.1. The maximum absolute atomic E-state index is 14.3. The summed E-state index contributed by atoms with van der Waals surface area (Å²) >= 11 is 9.59. The van der Waals surface area contributed by atoms with E-state index in [9.17, 15) is 27.7 Å². The van der Waals surface area contributed by atoms with Gasteiger partial charge in [0.1, 0.15) is 29.6 Å². The molecule has 2 fully saturated rings. The number of primary amides is 1. The molecule has 18 nitrogen and oxygen atoms in total. The van der Waals surface area contributed by atoms with Crippen molar-refractivity contribution in [1.82, 2.24) is 39.8 Å². The Bertz CT molecular complexity index is 2830. The number of benzene rings is 3. The first kappa shape index (κ1) is 51.8. The zero-order chi connectivity index (χ0) is 50.4. The monoisotopic (exact) mass is 1060 g/mol. The second-order valence-corrected chi connectivity index (χ2v) is 21.5. The van der Waals surface area contributed by atoms with E-state index in [1.165, 1.54) is 30.5 Å². The average molecular weight is 1060 g/mol. The fourth-order valence-corrected chi connectivity index (χ4v) is 10.9. The van der Waals surface area contributed by atoms with Crippen LogP contribution in [0.4, 0.5) is 33.5 Å². The number of hydrogen-bond donors (Lipinski definition) is 5. The normalized spacial score (nSPS) is 17.7. The Kier molecular flexibility index (Phi) is 16.3. The molecule has 1 saturated carbocycles. The minimum atomic E-state index is -3.75. The summed E-state index contributed by atoms with van der Waals surface area (Å²) in [5.74, 6) is -0.451. The lowest BCUT2D eigenvalue weighted by Crippen LogP contribution is -2.74. The van der Waals surface area contributed by atoms with E-state index in [0.29, 0.717) is 51.0 Å². The van der Waals surface area contributed by atoms with Gasteiger partial charge in [-0.25, -0.2) is 32.5 Å². The first-order valence-corrected chi connectivity index (χ1v) is 25.3. The van der Waals surface area contributed by atoms with Crippen molar-refractivity contribution < 1.29 is 27.1 Å². The van der Waals surface area contributed by atoms with Gasteiger partial charge in [-0.05, 0) is 90.4 Å². The van der Waals surface area contributed by atoms with Gasteiger partial charge in [-0.2, -0.15) is 10.2 Å². The number of ether oxygens (including phenoxy) is 1. The van der Waals surface area contributed by atoms with E-state index in [1.54, 1.807) is 42.7 Å². The predicted octanol–water partition coefficient (Wildman–Crippen LogP) is 6.70. The number of carbonyl (C=O) groups excluding carboxylic acids is 2. The van der Waals surface area contributed by atoms with E-state index < -0.39 is 32.6 Å². The summed E-state index contributed by atoms with van der Waals surface area (Å²) in [4.78, 5) is 49.8. The molecular formula is C48H56BrClFN13O5S. The molecule has 3 heterocycles. The van der Waals surface area contributed by atoms with Crippen LogP contribution in [0, 0.1) is 28.0 Å². The molecule has 5 aromatic rings. The van der Waals surface area contributed by atoms with Crippen molar-refractivity contribution in [2.45, 2.75) is 57.6 Å². The van der Waals surface area contributed by atoms with Gasteiger partial charge in [0.25, 0.3) is 11.8 Å². The highest BCUT2D eigenvalue weighted by molar-refractivity contribution is 9.10. The number of nitrogens with two attached hydrogens (primary N) is 1. The molecule has 0 spiro atoms. The topological polar surface area (TPSA) is 237 Å². The summed E-state index contributed by atoms with van der Waals surface area (Å²) in [6.45, 7) is 14.5. The van der Waals surface area contributed by atoms with Gasteiger partial charge >= 0.3 is 0 Å². The molecule has 0 radical (unpaired) electrons. The molecule has 1 aliphatic heterocycles. The van der Waals surface area contributed by atoms with Crippen LogP contribution in [0.2, 0.25) is 5.02 Å². The molecule has 1 aliphatic carbocycles. The fourth-order valence-electron chi connectivity index (χ4n) is 9.27. The SMILES string of the molecule is CN(CCCN1CCN(CCCNS(=O)(=O)c2ccc(Nc3ncc(Br)c(Nc4cccc(F)c4C(N)=O)n3)cc2)CC1)c1ncc(C(=O)NC2C(C)(C)C(Oc3ccc(C#N)c(Cl)c3)C2(C)C)cn1. The Morgan fingerprint density at radius 3 is 2.24 bits per heavy atom. The summed E-state index contributed by atoms with van der Waals surface area (Å²) in [6.07, 6.45) is 5.92. The highest BCUT2D eigenvalue weighted by Crippen LogP contribution is 2.55. The number of aromatic nitrogens is 4. The van der Waals surface area contributed by atoms with Gasteiger partial charge in [0.2, 0.25) is 21.9 Å². The third-order valence-electron chi connectivity index (χ3n) is 12.7. The number of hydrogen-bond acceptors (Lipinski definition) is 15. The number of nitrogens with one attached hydrogen (secondary N) is 4. The van der Waals surface area contributed by atoms with Crippen LogP contribution in [0.1, 0.15) is 66.8 Å². The van der Waals surface area contributed by atoms with Gasteiger partial charge < -0.3 is 41.1 Å². The van der Waals surface area contributed by atoms with Crippen molar-refractivity contribution >= 4 is 78.5 Å². The fraction of sp³-hybridized carbons (Fsp3) is 0.396. The lowest BCUT2D eigenvalue weighted by atomic mass is 9.49. The number of sulfonamides is 1. The minimum Gasteiger partial charge on any atom is -0.489 e. The summed E-state index contributed by atoms with van der Waals surface area (Å²) < 4.78 is 50.0. The van der Waals surface area contributed by atoms with Gasteiger partial charge in [-0.15, -0.1) is 0 Å². The molecule has 2 amide bonds. The van der Waals surface area contributed by atoms with Gasteiger partial charge in [-0.1, -0.05) is 45.4 Å². The number of nitriles is 1. The number of piperazine rings is 1. The van der Waals surface area contributed by atoms with Crippen molar-refractivity contribution in [3.05, 3.63) is 111 Å². The Morgan fingerprint density at radius 1 is 0.957 bits per heavy atom. The molecule has 0 bridgehead atoms. The van der Waals surface area contributed by atoms with E-state index in [4.69, 9.17) is 22.1 Å². The zero-order valence-corrected chi connectivity index (χ0v) is 42.6. The van der Waals surface area contributed by atoms with Crippen LogP contribution in [0.25, 0.3) is 0 Å². The first-order chi connectivity index (χ1) is 33.3. The maximum Gasteiger partial charge on any atom is 0.254 e. The van der Waals surface area contributed by atoms with Gasteiger partial charge in [0.15, 0.2) is 0 Å². The molecule has 0 unspecified atom stereocenters. The molecular weight excluding hydrogens is 1010 g/mol. The number of halogens is 3. The predicted molar refractivity (Wildman–Crippen MR) is 270 cm³/mol. The second-order valence-electron chi connectivity index (χ2n) is 18.5. The van der Waals surface area contributed by atoms with Gasteiger partial charge in [0, 0.05) is 93.5 Å². The quantitative estimate of drug-likeness (QED) is 0.0510. The van der Waals surface area contributed by atoms with Crippen LogP contribution in [0.5, 0.6) is 5.75 Å². The van der Waals surface area contributed by atoms with Crippen LogP contribution in [-0.2, 0) is 10.0 Å². The van der Waals surface area contributed by atoms with Crippen LogP contribution in [0.3, 0.4) is 0 Å². The standard InChI is InChI=1S/C48H56BrClFN13O5S/c1-47(2)43(48(3,4)44(47)69-33-14-11-30(26-52)36(50)25-33)61-42(66)31-27-55-46(56-28-31)62(5)18-8-20-64-23-21-63(22-24-64)19-7-17-57-70(67,68)34-15-12-32(13-16-34)58-45-54-29-35(49)41(60-45)59-38-10-6-9-37(51)39(38)40(53)65/h6,9-16,25,27-29,43-44,57H,7-8,17-24H2,1-5H3,(H2,53,65)(H,61,66)(H2,54,58,59,60).